The van der Waals surface area contributed by atoms with Crippen molar-refractivity contribution in [1.29, 1.82) is 0 Å². The fourth-order valence-electron chi connectivity index (χ4n) is 2.53. The average molecular weight is 248 g/mol. The third kappa shape index (κ3) is 3.07. The normalized spacial score (nSPS) is 23.7. The van der Waals surface area contributed by atoms with Gasteiger partial charge in [-0.2, -0.15) is 0 Å². The summed E-state index contributed by atoms with van der Waals surface area (Å²) in [6, 6.07) is 5.51. The molecule has 0 aliphatic heterocycles. The number of pyridine rings is 1. The third-order valence-corrected chi connectivity index (χ3v) is 3.58. The van der Waals surface area contributed by atoms with Crippen LogP contribution in [-0.2, 0) is 0 Å². The first-order valence-corrected chi connectivity index (χ1v) is 6.56. The smallest absolute Gasteiger partial charge is 0.270 e. The van der Waals surface area contributed by atoms with Gasteiger partial charge in [0, 0.05) is 24.3 Å². The van der Waals surface area contributed by atoms with Gasteiger partial charge in [0.1, 0.15) is 5.69 Å². The molecule has 18 heavy (non-hydrogen) atoms. The van der Waals surface area contributed by atoms with E-state index >= 15 is 0 Å². The predicted octanol–water partition coefficient (Wildman–Crippen LogP) is 1.67. The Labute approximate surface area is 107 Å². The SMILES string of the molecule is Cc1cccc(C(=O)NC2CCCCC2CO)n1. The molecule has 2 unspecified atom stereocenters. The molecule has 1 aliphatic rings. The number of nitrogens with one attached hydrogen (secondary N) is 1. The number of nitrogens with zero attached hydrogens (tertiary/aromatic N) is 1. The molecule has 1 saturated carbocycles. The van der Waals surface area contributed by atoms with Gasteiger partial charge in [0.15, 0.2) is 0 Å². The maximum Gasteiger partial charge on any atom is 0.270 e. The zero-order chi connectivity index (χ0) is 13.0. The molecule has 1 aromatic rings. The molecule has 0 spiro atoms. The topological polar surface area (TPSA) is 62.2 Å². The van der Waals surface area contributed by atoms with Crippen LogP contribution in [0.25, 0.3) is 0 Å². The standard InChI is InChI=1S/C14H20N2O2/c1-10-5-4-8-13(15-10)14(18)16-12-7-3-2-6-11(12)9-17/h4-5,8,11-12,17H,2-3,6-7,9H2,1H3,(H,16,18). The minimum Gasteiger partial charge on any atom is -0.396 e. The molecule has 1 amide bonds. The van der Waals surface area contributed by atoms with Gasteiger partial charge < -0.3 is 10.4 Å². The molecule has 0 aromatic carbocycles. The summed E-state index contributed by atoms with van der Waals surface area (Å²) in [5.41, 5.74) is 1.29. The van der Waals surface area contributed by atoms with E-state index in [1.807, 2.05) is 19.1 Å². The highest BCUT2D eigenvalue weighted by Crippen LogP contribution is 2.24. The van der Waals surface area contributed by atoms with Gasteiger partial charge in [0.25, 0.3) is 5.91 Å². The van der Waals surface area contributed by atoms with Gasteiger partial charge in [-0.3, -0.25) is 4.79 Å². The highest BCUT2D eigenvalue weighted by atomic mass is 16.3. The van der Waals surface area contributed by atoms with Crippen LogP contribution in [0.4, 0.5) is 0 Å². The molecule has 0 radical (unpaired) electrons. The van der Waals surface area contributed by atoms with E-state index in [2.05, 4.69) is 10.3 Å². The van der Waals surface area contributed by atoms with Gasteiger partial charge in [-0.25, -0.2) is 4.98 Å². The lowest BCUT2D eigenvalue weighted by Gasteiger charge is -2.30. The van der Waals surface area contributed by atoms with E-state index in [-0.39, 0.29) is 24.5 Å². The summed E-state index contributed by atoms with van der Waals surface area (Å²) in [5.74, 6) is 0.0524. The summed E-state index contributed by atoms with van der Waals surface area (Å²) in [6.07, 6.45) is 4.19. The second kappa shape index (κ2) is 5.96. The van der Waals surface area contributed by atoms with E-state index < -0.39 is 0 Å². The summed E-state index contributed by atoms with van der Waals surface area (Å²) in [7, 11) is 0. The number of hydrogen-bond donors (Lipinski definition) is 2. The Morgan fingerprint density at radius 2 is 2.22 bits per heavy atom. The molecule has 4 nitrogen and oxygen atoms in total. The number of hydrogen-bond acceptors (Lipinski definition) is 3. The predicted molar refractivity (Wildman–Crippen MR) is 69.3 cm³/mol. The highest BCUT2D eigenvalue weighted by Gasteiger charge is 2.26. The van der Waals surface area contributed by atoms with E-state index in [4.69, 9.17) is 0 Å². The van der Waals surface area contributed by atoms with Crippen LogP contribution >= 0.6 is 0 Å². The molecule has 2 atom stereocenters. The zero-order valence-electron chi connectivity index (χ0n) is 10.7. The minimum atomic E-state index is -0.135. The zero-order valence-corrected chi connectivity index (χ0v) is 10.7. The lowest BCUT2D eigenvalue weighted by atomic mass is 9.85. The molecule has 0 saturated heterocycles. The van der Waals surface area contributed by atoms with Crippen molar-refractivity contribution in [2.45, 2.75) is 38.6 Å². The number of amides is 1. The van der Waals surface area contributed by atoms with E-state index in [0.29, 0.717) is 5.69 Å². The van der Waals surface area contributed by atoms with Crippen molar-refractivity contribution in [3.05, 3.63) is 29.6 Å². The molecular weight excluding hydrogens is 228 g/mol. The average Bonchev–Trinajstić information content (AvgIpc) is 2.39. The van der Waals surface area contributed by atoms with Gasteiger partial charge in [-0.05, 0) is 31.9 Å². The number of carbonyl (C=O) groups excluding carboxylic acids is 1. The van der Waals surface area contributed by atoms with Crippen LogP contribution in [0.3, 0.4) is 0 Å². The third-order valence-electron chi connectivity index (χ3n) is 3.58. The largest absolute Gasteiger partial charge is 0.396 e. The van der Waals surface area contributed by atoms with Crippen LogP contribution in [0, 0.1) is 12.8 Å². The maximum absolute atomic E-state index is 12.1. The summed E-state index contributed by atoms with van der Waals surface area (Å²) < 4.78 is 0. The lowest BCUT2D eigenvalue weighted by molar-refractivity contribution is 0.0867. The Morgan fingerprint density at radius 3 is 2.94 bits per heavy atom. The molecule has 2 rings (SSSR count). The van der Waals surface area contributed by atoms with Crippen molar-refractivity contribution in [2.75, 3.05) is 6.61 Å². The Balaban J connectivity index is 2.02. The number of rotatable bonds is 3. The summed E-state index contributed by atoms with van der Waals surface area (Å²) >= 11 is 0. The molecule has 4 heteroatoms. The number of aliphatic hydroxyl groups excluding tert-OH is 1. The second-order valence-electron chi connectivity index (χ2n) is 4.97. The fourth-order valence-corrected chi connectivity index (χ4v) is 2.53. The number of carbonyl (C=O) groups is 1. The number of aliphatic hydroxyl groups is 1. The van der Waals surface area contributed by atoms with Crippen LogP contribution in [0.5, 0.6) is 0 Å². The van der Waals surface area contributed by atoms with Crippen molar-refractivity contribution >= 4 is 5.91 Å². The lowest BCUT2D eigenvalue weighted by Crippen LogP contribution is -2.43. The van der Waals surface area contributed by atoms with Crippen LogP contribution in [0.1, 0.15) is 41.9 Å². The van der Waals surface area contributed by atoms with Crippen molar-refractivity contribution in [2.24, 2.45) is 5.92 Å². The Kier molecular flexibility index (Phi) is 4.31. The van der Waals surface area contributed by atoms with Gasteiger partial charge >= 0.3 is 0 Å². The van der Waals surface area contributed by atoms with Crippen molar-refractivity contribution in [1.82, 2.24) is 10.3 Å². The van der Waals surface area contributed by atoms with E-state index in [9.17, 15) is 9.90 Å². The summed E-state index contributed by atoms with van der Waals surface area (Å²) in [5, 5.41) is 12.3. The van der Waals surface area contributed by atoms with E-state index in [0.717, 1.165) is 31.4 Å². The van der Waals surface area contributed by atoms with Crippen molar-refractivity contribution in [3.63, 3.8) is 0 Å². The molecule has 2 N–H and O–H groups in total. The van der Waals surface area contributed by atoms with E-state index in [1.165, 1.54) is 0 Å². The quantitative estimate of drug-likeness (QED) is 0.855. The first kappa shape index (κ1) is 13.0. The molecule has 98 valence electrons. The van der Waals surface area contributed by atoms with Crippen molar-refractivity contribution in [3.8, 4) is 0 Å². The molecule has 1 fully saturated rings. The van der Waals surface area contributed by atoms with Gasteiger partial charge in [-0.15, -0.1) is 0 Å². The highest BCUT2D eigenvalue weighted by molar-refractivity contribution is 5.92. The number of aryl methyl sites for hydroxylation is 1. The van der Waals surface area contributed by atoms with Crippen LogP contribution in [-0.4, -0.2) is 28.6 Å². The maximum atomic E-state index is 12.1. The molecule has 1 heterocycles. The molecule has 1 aliphatic carbocycles. The Bertz CT molecular complexity index is 420. The van der Waals surface area contributed by atoms with Crippen molar-refractivity contribution < 1.29 is 9.90 Å². The first-order chi connectivity index (χ1) is 8.70. The van der Waals surface area contributed by atoms with Crippen LogP contribution < -0.4 is 5.32 Å². The van der Waals surface area contributed by atoms with Crippen LogP contribution in [0.15, 0.2) is 18.2 Å². The molecule has 0 bridgehead atoms. The van der Waals surface area contributed by atoms with Gasteiger partial charge in [0.2, 0.25) is 0 Å². The van der Waals surface area contributed by atoms with Gasteiger partial charge in [-0.1, -0.05) is 18.9 Å². The monoisotopic (exact) mass is 248 g/mol. The van der Waals surface area contributed by atoms with Gasteiger partial charge in [0.05, 0.1) is 0 Å². The molecule has 1 aromatic heterocycles. The van der Waals surface area contributed by atoms with E-state index in [1.54, 1.807) is 6.07 Å². The molecular formula is C14H20N2O2. The minimum absolute atomic E-state index is 0.0820. The number of aromatic nitrogens is 1. The van der Waals surface area contributed by atoms with Crippen LogP contribution in [0.2, 0.25) is 0 Å². The fraction of sp³-hybridized carbons (Fsp3) is 0.571. The Hall–Kier alpha value is -1.42. The first-order valence-electron chi connectivity index (χ1n) is 6.56. The summed E-state index contributed by atoms with van der Waals surface area (Å²) in [6.45, 7) is 2.01. The second-order valence-corrected chi connectivity index (χ2v) is 4.97. The Morgan fingerprint density at radius 1 is 1.44 bits per heavy atom. The summed E-state index contributed by atoms with van der Waals surface area (Å²) in [4.78, 5) is 16.3.